The highest BCUT2D eigenvalue weighted by Gasteiger charge is 2.03. The van der Waals surface area contributed by atoms with Crippen LogP contribution in [0.2, 0.25) is 5.02 Å². The summed E-state index contributed by atoms with van der Waals surface area (Å²) in [6.07, 6.45) is 0.977. The Balaban J connectivity index is 1.88. The Morgan fingerprint density at radius 2 is 1.94 bits per heavy atom. The summed E-state index contributed by atoms with van der Waals surface area (Å²) in [5.41, 5.74) is 3.58. The van der Waals surface area contributed by atoms with E-state index in [4.69, 9.17) is 11.6 Å². The molecule has 0 saturated carbocycles. The van der Waals surface area contributed by atoms with Crippen molar-refractivity contribution in [2.75, 3.05) is 0 Å². The highest BCUT2D eigenvalue weighted by Crippen LogP contribution is 2.09. The van der Waals surface area contributed by atoms with Gasteiger partial charge in [0.1, 0.15) is 0 Å². The highest BCUT2D eigenvalue weighted by atomic mass is 35.5. The first-order chi connectivity index (χ1) is 8.69. The van der Waals surface area contributed by atoms with Gasteiger partial charge in [0.2, 0.25) is 0 Å². The molecule has 0 bridgehead atoms. The molecule has 0 atom stereocenters. The van der Waals surface area contributed by atoms with E-state index in [9.17, 15) is 0 Å². The molecule has 0 amide bonds. The van der Waals surface area contributed by atoms with Gasteiger partial charge in [0.05, 0.1) is 11.4 Å². The van der Waals surface area contributed by atoms with Crippen LogP contribution in [0.15, 0.2) is 30.3 Å². The molecule has 0 aliphatic rings. The van der Waals surface area contributed by atoms with E-state index in [1.807, 2.05) is 36.0 Å². The second-order valence-corrected chi connectivity index (χ2v) is 4.77. The van der Waals surface area contributed by atoms with Crippen LogP contribution in [0.25, 0.3) is 0 Å². The van der Waals surface area contributed by atoms with Gasteiger partial charge in [-0.25, -0.2) is 0 Å². The Morgan fingerprint density at radius 3 is 2.56 bits per heavy atom. The summed E-state index contributed by atoms with van der Waals surface area (Å²) >= 11 is 5.85. The Bertz CT molecular complexity index is 502. The normalized spacial score (nSPS) is 10.8. The third-order valence-corrected chi connectivity index (χ3v) is 3.19. The molecule has 1 heterocycles. The van der Waals surface area contributed by atoms with Crippen molar-refractivity contribution in [1.82, 2.24) is 15.1 Å². The molecule has 1 N–H and O–H groups in total. The molecule has 0 radical (unpaired) electrons. The zero-order valence-corrected chi connectivity index (χ0v) is 11.5. The molecule has 0 spiro atoms. The molecule has 96 valence electrons. The van der Waals surface area contributed by atoms with E-state index in [1.54, 1.807) is 0 Å². The monoisotopic (exact) mass is 263 g/mol. The Morgan fingerprint density at radius 1 is 1.22 bits per heavy atom. The van der Waals surface area contributed by atoms with Crippen molar-refractivity contribution in [2.24, 2.45) is 7.05 Å². The Hall–Kier alpha value is -1.32. The van der Waals surface area contributed by atoms with Gasteiger partial charge in [0.15, 0.2) is 0 Å². The van der Waals surface area contributed by atoms with Gasteiger partial charge in [0, 0.05) is 25.2 Å². The number of halogens is 1. The maximum atomic E-state index is 5.85. The number of nitrogens with one attached hydrogen (secondary N) is 1. The lowest BCUT2D eigenvalue weighted by atomic mass is 10.2. The fourth-order valence-corrected chi connectivity index (χ4v) is 1.97. The summed E-state index contributed by atoms with van der Waals surface area (Å²) in [5.74, 6) is 0. The van der Waals surface area contributed by atoms with E-state index in [1.165, 1.54) is 11.3 Å². The van der Waals surface area contributed by atoms with Gasteiger partial charge >= 0.3 is 0 Å². The van der Waals surface area contributed by atoms with Crippen molar-refractivity contribution < 1.29 is 0 Å². The van der Waals surface area contributed by atoms with Crippen molar-refractivity contribution in [3.8, 4) is 0 Å². The Labute approximate surface area is 113 Å². The zero-order chi connectivity index (χ0) is 13.0. The number of hydrogen-bond acceptors (Lipinski definition) is 2. The van der Waals surface area contributed by atoms with Gasteiger partial charge in [-0.05, 0) is 30.2 Å². The molecule has 1 aromatic heterocycles. The summed E-state index contributed by atoms with van der Waals surface area (Å²) in [6, 6.07) is 10.1. The minimum Gasteiger partial charge on any atom is -0.307 e. The van der Waals surface area contributed by atoms with Crippen LogP contribution in [-0.2, 0) is 26.6 Å². The summed E-state index contributed by atoms with van der Waals surface area (Å²) < 4.78 is 1.94. The van der Waals surface area contributed by atoms with Gasteiger partial charge in [-0.2, -0.15) is 5.10 Å². The van der Waals surface area contributed by atoms with E-state index in [-0.39, 0.29) is 0 Å². The number of aryl methyl sites for hydroxylation is 2. The second-order valence-electron chi connectivity index (χ2n) is 4.33. The molecule has 0 aliphatic carbocycles. The van der Waals surface area contributed by atoms with Crippen LogP contribution in [-0.4, -0.2) is 9.78 Å². The molecule has 2 aromatic rings. The van der Waals surface area contributed by atoms with Crippen molar-refractivity contribution in [1.29, 1.82) is 0 Å². The van der Waals surface area contributed by atoms with Crippen LogP contribution in [0.5, 0.6) is 0 Å². The predicted octanol–water partition coefficient (Wildman–Crippen LogP) is 2.93. The standard InChI is InChI=1S/C14H18ClN3/c1-3-13-8-14(18(2)17-13)10-16-9-11-4-6-12(15)7-5-11/h4-8,16H,3,9-10H2,1-2H3. The zero-order valence-electron chi connectivity index (χ0n) is 10.8. The molecule has 0 unspecified atom stereocenters. The first kappa shape index (κ1) is 13.1. The summed E-state index contributed by atoms with van der Waals surface area (Å²) in [4.78, 5) is 0. The summed E-state index contributed by atoms with van der Waals surface area (Å²) in [7, 11) is 1.98. The summed E-state index contributed by atoms with van der Waals surface area (Å²) in [6.45, 7) is 3.78. The van der Waals surface area contributed by atoms with Crippen LogP contribution in [0.1, 0.15) is 23.9 Å². The van der Waals surface area contributed by atoms with Gasteiger partial charge in [0.25, 0.3) is 0 Å². The fourth-order valence-electron chi connectivity index (χ4n) is 1.85. The quantitative estimate of drug-likeness (QED) is 0.899. The van der Waals surface area contributed by atoms with Gasteiger partial charge in [-0.1, -0.05) is 30.7 Å². The van der Waals surface area contributed by atoms with Crippen LogP contribution >= 0.6 is 11.6 Å². The van der Waals surface area contributed by atoms with E-state index in [0.29, 0.717) is 0 Å². The van der Waals surface area contributed by atoms with Gasteiger partial charge in [-0.3, -0.25) is 4.68 Å². The number of hydrogen-bond donors (Lipinski definition) is 1. The van der Waals surface area contributed by atoms with Crippen molar-refractivity contribution in [2.45, 2.75) is 26.4 Å². The van der Waals surface area contributed by atoms with Gasteiger partial charge < -0.3 is 5.32 Å². The predicted molar refractivity (Wildman–Crippen MR) is 74.6 cm³/mol. The van der Waals surface area contributed by atoms with Crippen molar-refractivity contribution in [3.05, 3.63) is 52.3 Å². The highest BCUT2D eigenvalue weighted by molar-refractivity contribution is 6.30. The SMILES string of the molecule is CCc1cc(CNCc2ccc(Cl)cc2)n(C)n1. The fraction of sp³-hybridized carbons (Fsp3) is 0.357. The minimum atomic E-state index is 0.776. The van der Waals surface area contributed by atoms with Crippen LogP contribution in [0.4, 0.5) is 0 Å². The molecule has 4 heteroatoms. The van der Waals surface area contributed by atoms with Gasteiger partial charge in [-0.15, -0.1) is 0 Å². The third-order valence-electron chi connectivity index (χ3n) is 2.94. The van der Waals surface area contributed by atoms with Crippen molar-refractivity contribution in [3.63, 3.8) is 0 Å². The average Bonchev–Trinajstić information content (AvgIpc) is 2.73. The third kappa shape index (κ3) is 3.34. The molecule has 0 fully saturated rings. The van der Waals surface area contributed by atoms with Crippen LogP contribution in [0, 0.1) is 0 Å². The molecule has 0 aliphatic heterocycles. The number of rotatable bonds is 5. The lowest BCUT2D eigenvalue weighted by Crippen LogP contribution is -2.15. The maximum Gasteiger partial charge on any atom is 0.0625 e. The van der Waals surface area contributed by atoms with E-state index in [2.05, 4.69) is 23.4 Å². The maximum absolute atomic E-state index is 5.85. The molecule has 3 nitrogen and oxygen atoms in total. The van der Waals surface area contributed by atoms with E-state index >= 15 is 0 Å². The first-order valence-electron chi connectivity index (χ1n) is 6.16. The van der Waals surface area contributed by atoms with E-state index < -0.39 is 0 Å². The largest absolute Gasteiger partial charge is 0.307 e. The van der Waals surface area contributed by atoms with Crippen LogP contribution < -0.4 is 5.32 Å². The molecular formula is C14H18ClN3. The Kier molecular flexibility index (Phi) is 4.39. The van der Waals surface area contributed by atoms with E-state index in [0.717, 1.165) is 30.2 Å². The summed E-state index contributed by atoms with van der Waals surface area (Å²) in [5, 5.41) is 8.61. The molecule has 1 aromatic carbocycles. The molecular weight excluding hydrogens is 246 g/mol. The first-order valence-corrected chi connectivity index (χ1v) is 6.53. The molecule has 0 saturated heterocycles. The smallest absolute Gasteiger partial charge is 0.0625 e. The minimum absolute atomic E-state index is 0.776. The number of nitrogens with zero attached hydrogens (tertiary/aromatic N) is 2. The second kappa shape index (κ2) is 6.03. The molecule has 2 rings (SSSR count). The van der Waals surface area contributed by atoms with Crippen LogP contribution in [0.3, 0.4) is 0 Å². The molecule has 18 heavy (non-hydrogen) atoms. The van der Waals surface area contributed by atoms with Crippen molar-refractivity contribution >= 4 is 11.6 Å². The average molecular weight is 264 g/mol. The number of aromatic nitrogens is 2. The lowest BCUT2D eigenvalue weighted by Gasteiger charge is -2.05. The lowest BCUT2D eigenvalue weighted by molar-refractivity contribution is 0.623. The number of benzene rings is 1. The topological polar surface area (TPSA) is 29.9 Å².